The Kier molecular flexibility index (Phi) is 4.74. The number of rotatable bonds is 4. The third-order valence-electron chi connectivity index (χ3n) is 5.23. The normalized spacial score (nSPS) is 23.5. The molecule has 1 aliphatic heterocycles. The molecule has 26 heavy (non-hydrogen) atoms. The van der Waals surface area contributed by atoms with Gasteiger partial charge in [-0.25, -0.2) is 9.78 Å². The molecule has 0 aromatic carbocycles. The predicted octanol–water partition coefficient (Wildman–Crippen LogP) is -2.02. The summed E-state index contributed by atoms with van der Waals surface area (Å²) in [5.74, 6) is 1.30. The number of fused-ring (bicyclic) bond motifs is 1. The number of primary amides is 1. The van der Waals surface area contributed by atoms with Crippen LogP contribution in [0, 0.1) is 11.8 Å². The molecule has 0 radical (unpaired) electrons. The van der Waals surface area contributed by atoms with Gasteiger partial charge in [0.15, 0.2) is 17.0 Å². The topological polar surface area (TPSA) is 109 Å². The van der Waals surface area contributed by atoms with Crippen LogP contribution < -0.4 is 21.9 Å². The molecule has 1 saturated heterocycles. The van der Waals surface area contributed by atoms with Crippen LogP contribution in [-0.2, 0) is 32.0 Å². The summed E-state index contributed by atoms with van der Waals surface area (Å²) in [5, 5.41) is 0. The summed E-state index contributed by atoms with van der Waals surface area (Å²) >= 11 is 0. The standard InChI is InChI=1S/C17H26N6O3/c1-10-5-11(2)7-22(6-10)9-13-19-15-14(23(13)8-12(18)24)16(25)21(4)17(26)20(15)3/h10-11H,5-9H2,1-4H3,(H2,18,24)/p+1/t10-,11-/m1/s1. The van der Waals surface area contributed by atoms with Crippen molar-refractivity contribution in [1.29, 1.82) is 0 Å². The van der Waals surface area contributed by atoms with Crippen LogP contribution in [0.15, 0.2) is 9.59 Å². The second-order valence-electron chi connectivity index (χ2n) is 7.74. The smallest absolute Gasteiger partial charge is 0.332 e. The number of amides is 1. The van der Waals surface area contributed by atoms with E-state index in [1.54, 1.807) is 11.6 Å². The fourth-order valence-corrected chi connectivity index (χ4v) is 4.24. The molecule has 9 heteroatoms. The lowest BCUT2D eigenvalue weighted by molar-refractivity contribution is -0.926. The number of imidazole rings is 1. The Morgan fingerprint density at radius 1 is 1.19 bits per heavy atom. The van der Waals surface area contributed by atoms with Crippen molar-refractivity contribution in [2.75, 3.05) is 13.1 Å². The van der Waals surface area contributed by atoms with Gasteiger partial charge in [0.2, 0.25) is 5.91 Å². The number of aromatic nitrogens is 4. The molecule has 1 amide bonds. The molecule has 3 rings (SSSR count). The number of nitrogens with zero attached hydrogens (tertiary/aromatic N) is 4. The average molecular weight is 363 g/mol. The summed E-state index contributed by atoms with van der Waals surface area (Å²) in [4.78, 5) is 42.4. The second-order valence-corrected chi connectivity index (χ2v) is 7.74. The van der Waals surface area contributed by atoms with E-state index in [1.807, 2.05) is 0 Å². The first-order valence-electron chi connectivity index (χ1n) is 8.96. The summed E-state index contributed by atoms with van der Waals surface area (Å²) in [7, 11) is 3.00. The molecule has 3 N–H and O–H groups in total. The molecule has 0 spiro atoms. The molecule has 2 aromatic heterocycles. The first-order chi connectivity index (χ1) is 12.2. The van der Waals surface area contributed by atoms with Crippen molar-refractivity contribution in [3.63, 3.8) is 0 Å². The fraction of sp³-hybridized carbons (Fsp3) is 0.647. The highest BCUT2D eigenvalue weighted by molar-refractivity contribution is 5.78. The number of carbonyl (C=O) groups is 1. The van der Waals surface area contributed by atoms with E-state index in [1.165, 1.54) is 22.9 Å². The summed E-state index contributed by atoms with van der Waals surface area (Å²) in [5.41, 5.74) is 5.05. The highest BCUT2D eigenvalue weighted by Gasteiger charge is 2.28. The SMILES string of the molecule is C[C@@H]1C[C@@H](C)C[NH+](Cc2nc3c(c(=O)n(C)c(=O)n3C)n2CC(N)=O)C1. The number of aryl methyl sites for hydroxylation is 1. The van der Waals surface area contributed by atoms with Crippen molar-refractivity contribution in [3.05, 3.63) is 26.7 Å². The predicted molar refractivity (Wildman–Crippen MR) is 96.8 cm³/mol. The highest BCUT2D eigenvalue weighted by Crippen LogP contribution is 2.14. The number of hydrogen-bond acceptors (Lipinski definition) is 4. The largest absolute Gasteiger partial charge is 0.368 e. The Bertz CT molecular complexity index is 960. The van der Waals surface area contributed by atoms with Gasteiger partial charge in [-0.05, 0) is 6.42 Å². The van der Waals surface area contributed by atoms with Gasteiger partial charge in [0.25, 0.3) is 5.56 Å². The maximum absolute atomic E-state index is 12.6. The maximum atomic E-state index is 12.6. The second kappa shape index (κ2) is 6.71. The van der Waals surface area contributed by atoms with E-state index in [-0.39, 0.29) is 12.1 Å². The minimum Gasteiger partial charge on any atom is -0.368 e. The van der Waals surface area contributed by atoms with Crippen LogP contribution >= 0.6 is 0 Å². The van der Waals surface area contributed by atoms with Crippen LogP contribution in [0.3, 0.4) is 0 Å². The zero-order valence-corrected chi connectivity index (χ0v) is 15.8. The first kappa shape index (κ1) is 18.4. The molecule has 2 atom stereocenters. The van der Waals surface area contributed by atoms with Crippen molar-refractivity contribution >= 4 is 17.1 Å². The Balaban J connectivity index is 2.14. The van der Waals surface area contributed by atoms with Gasteiger partial charge < -0.3 is 15.2 Å². The number of carbonyl (C=O) groups excluding carboxylic acids is 1. The lowest BCUT2D eigenvalue weighted by atomic mass is 9.92. The van der Waals surface area contributed by atoms with Gasteiger partial charge in [-0.2, -0.15) is 0 Å². The van der Waals surface area contributed by atoms with Crippen LogP contribution in [0.5, 0.6) is 0 Å². The van der Waals surface area contributed by atoms with Gasteiger partial charge in [0.1, 0.15) is 13.1 Å². The van der Waals surface area contributed by atoms with Crippen molar-refractivity contribution in [2.45, 2.75) is 33.4 Å². The van der Waals surface area contributed by atoms with Gasteiger partial charge in [-0.3, -0.25) is 18.7 Å². The summed E-state index contributed by atoms with van der Waals surface area (Å²) in [6, 6.07) is 0. The van der Waals surface area contributed by atoms with Gasteiger partial charge in [0.05, 0.1) is 13.1 Å². The van der Waals surface area contributed by atoms with E-state index < -0.39 is 17.2 Å². The number of nitrogens with two attached hydrogens (primary N) is 1. The fourth-order valence-electron chi connectivity index (χ4n) is 4.24. The third kappa shape index (κ3) is 3.18. The lowest BCUT2D eigenvalue weighted by Crippen LogP contribution is -3.13. The van der Waals surface area contributed by atoms with Crippen molar-refractivity contribution in [2.24, 2.45) is 31.7 Å². The summed E-state index contributed by atoms with van der Waals surface area (Å²) in [6.07, 6.45) is 1.20. The quantitative estimate of drug-likeness (QED) is 0.653. The Labute approximate surface area is 151 Å². The molecule has 0 bridgehead atoms. The molecule has 1 aliphatic rings. The van der Waals surface area contributed by atoms with Crippen LogP contribution in [0.25, 0.3) is 11.2 Å². The maximum Gasteiger partial charge on any atom is 0.332 e. The number of hydrogen-bond donors (Lipinski definition) is 2. The van der Waals surface area contributed by atoms with E-state index in [0.29, 0.717) is 29.9 Å². The number of nitrogens with one attached hydrogen (secondary N) is 1. The van der Waals surface area contributed by atoms with Gasteiger partial charge in [0, 0.05) is 25.9 Å². The molecule has 0 unspecified atom stereocenters. The monoisotopic (exact) mass is 363 g/mol. The molecule has 0 aliphatic carbocycles. The molecule has 1 fully saturated rings. The van der Waals surface area contributed by atoms with E-state index in [4.69, 9.17) is 5.73 Å². The molecule has 9 nitrogen and oxygen atoms in total. The number of quaternary nitrogens is 1. The molecule has 142 valence electrons. The van der Waals surface area contributed by atoms with Crippen molar-refractivity contribution < 1.29 is 9.69 Å². The van der Waals surface area contributed by atoms with Crippen LogP contribution in [0.4, 0.5) is 0 Å². The van der Waals surface area contributed by atoms with Gasteiger partial charge >= 0.3 is 5.69 Å². The zero-order valence-electron chi connectivity index (χ0n) is 15.8. The van der Waals surface area contributed by atoms with Crippen molar-refractivity contribution in [3.8, 4) is 0 Å². The highest BCUT2D eigenvalue weighted by atomic mass is 16.2. The van der Waals surface area contributed by atoms with Gasteiger partial charge in [-0.15, -0.1) is 0 Å². The van der Waals surface area contributed by atoms with E-state index >= 15 is 0 Å². The van der Waals surface area contributed by atoms with E-state index in [0.717, 1.165) is 17.7 Å². The first-order valence-corrected chi connectivity index (χ1v) is 8.96. The average Bonchev–Trinajstić information content (AvgIpc) is 2.88. The molecule has 0 saturated carbocycles. The van der Waals surface area contributed by atoms with Gasteiger partial charge in [-0.1, -0.05) is 13.8 Å². The molecule has 3 heterocycles. The van der Waals surface area contributed by atoms with Crippen LogP contribution in [0.1, 0.15) is 26.1 Å². The minimum absolute atomic E-state index is 0.127. The zero-order chi connectivity index (χ0) is 19.2. The van der Waals surface area contributed by atoms with Crippen LogP contribution in [0.2, 0.25) is 0 Å². The van der Waals surface area contributed by atoms with E-state index in [2.05, 4.69) is 18.8 Å². The Hall–Kier alpha value is -2.42. The summed E-state index contributed by atoms with van der Waals surface area (Å²) in [6.45, 7) is 6.97. The van der Waals surface area contributed by atoms with Crippen molar-refractivity contribution in [1.82, 2.24) is 18.7 Å². The third-order valence-corrected chi connectivity index (χ3v) is 5.23. The molecular formula is C17H27N6O3+. The Morgan fingerprint density at radius 2 is 1.81 bits per heavy atom. The Morgan fingerprint density at radius 3 is 2.38 bits per heavy atom. The number of likely N-dealkylation sites (tertiary alicyclic amines) is 1. The molecule has 2 aromatic rings. The minimum atomic E-state index is -0.545. The lowest BCUT2D eigenvalue weighted by Gasteiger charge is -2.31. The summed E-state index contributed by atoms with van der Waals surface area (Å²) < 4.78 is 3.95. The van der Waals surface area contributed by atoms with E-state index in [9.17, 15) is 14.4 Å². The molecular weight excluding hydrogens is 336 g/mol. The number of piperidine rings is 1. The van der Waals surface area contributed by atoms with Crippen LogP contribution in [-0.4, -0.2) is 37.7 Å².